The van der Waals surface area contributed by atoms with Gasteiger partial charge in [0.05, 0.1) is 18.9 Å². The van der Waals surface area contributed by atoms with E-state index >= 15 is 0 Å². The number of aliphatic hydroxyl groups is 1. The highest BCUT2D eigenvalue weighted by molar-refractivity contribution is 5.85. The molecule has 1 N–H and O–H groups in total. The average molecular weight is 360 g/mol. The Morgan fingerprint density at radius 2 is 1.67 bits per heavy atom. The molecule has 0 aliphatic carbocycles. The number of hydrogen-bond donors (Lipinski definition) is 1. The van der Waals surface area contributed by atoms with Crippen LogP contribution >= 0.6 is 0 Å². The van der Waals surface area contributed by atoms with Crippen LogP contribution in [0.2, 0.25) is 0 Å². The van der Waals surface area contributed by atoms with E-state index in [0.29, 0.717) is 26.1 Å². The lowest BCUT2D eigenvalue weighted by Gasteiger charge is -2.51. The Balaban J connectivity index is 1.48. The Morgan fingerprint density at radius 3 is 2.44 bits per heavy atom. The number of hydrogen-bond acceptors (Lipinski definition) is 4. The predicted molar refractivity (Wildman–Crippen MR) is 105 cm³/mol. The Bertz CT molecular complexity index is 924. The van der Waals surface area contributed by atoms with Gasteiger partial charge in [0.25, 0.3) is 0 Å². The monoisotopic (exact) mass is 360 g/mol. The highest BCUT2D eigenvalue weighted by atomic mass is 16.5. The van der Waals surface area contributed by atoms with Crippen molar-refractivity contribution in [1.29, 1.82) is 0 Å². The Kier molecular flexibility index (Phi) is 4.20. The van der Waals surface area contributed by atoms with Crippen molar-refractivity contribution in [2.75, 3.05) is 13.2 Å². The van der Waals surface area contributed by atoms with Crippen LogP contribution in [-0.4, -0.2) is 40.3 Å². The molecule has 4 heteroatoms. The van der Waals surface area contributed by atoms with Gasteiger partial charge in [-0.05, 0) is 29.9 Å². The summed E-state index contributed by atoms with van der Waals surface area (Å²) in [6.45, 7) is 2.23. The van der Waals surface area contributed by atoms with Gasteiger partial charge in [-0.3, -0.25) is 9.88 Å². The van der Waals surface area contributed by atoms with Crippen LogP contribution in [0.25, 0.3) is 10.8 Å². The minimum absolute atomic E-state index is 0.198. The van der Waals surface area contributed by atoms with E-state index in [9.17, 15) is 5.11 Å². The van der Waals surface area contributed by atoms with Crippen LogP contribution in [0, 0.1) is 0 Å². The summed E-state index contributed by atoms with van der Waals surface area (Å²) in [7, 11) is 0. The van der Waals surface area contributed by atoms with Gasteiger partial charge in [-0.1, -0.05) is 54.6 Å². The molecule has 0 saturated carbocycles. The SMILES string of the molecule is OC1(c2nccc3ccccc23)CC2COCC(C1)N2Cc1ccccc1. The van der Waals surface area contributed by atoms with E-state index in [2.05, 4.69) is 52.3 Å². The number of fused-ring (bicyclic) bond motifs is 3. The molecule has 0 spiro atoms. The van der Waals surface area contributed by atoms with Gasteiger partial charge in [0, 0.05) is 30.2 Å². The lowest BCUT2D eigenvalue weighted by Crippen LogP contribution is -2.60. The standard InChI is InChI=1S/C23H24N2O2/c26-23(22-21-9-5-4-8-18(21)10-11-24-22)12-19-15-27-16-20(13-23)25(19)14-17-6-2-1-3-7-17/h1-11,19-20,26H,12-16H2. The van der Waals surface area contributed by atoms with Crippen molar-refractivity contribution in [2.24, 2.45) is 0 Å². The van der Waals surface area contributed by atoms with E-state index in [1.807, 2.05) is 24.4 Å². The second-order valence-corrected chi connectivity index (χ2v) is 7.82. The molecule has 1 aromatic heterocycles. The highest BCUT2D eigenvalue weighted by Gasteiger charge is 2.48. The summed E-state index contributed by atoms with van der Waals surface area (Å²) in [5.74, 6) is 0. The van der Waals surface area contributed by atoms with E-state index in [4.69, 9.17) is 4.74 Å². The van der Waals surface area contributed by atoms with E-state index in [0.717, 1.165) is 23.0 Å². The van der Waals surface area contributed by atoms with Gasteiger partial charge in [-0.25, -0.2) is 0 Å². The van der Waals surface area contributed by atoms with Crippen molar-refractivity contribution in [3.8, 4) is 0 Å². The first-order valence-electron chi connectivity index (χ1n) is 9.67. The number of aromatic nitrogens is 1. The zero-order chi connectivity index (χ0) is 18.3. The molecule has 2 fully saturated rings. The molecule has 4 nitrogen and oxygen atoms in total. The third-order valence-electron chi connectivity index (χ3n) is 6.03. The van der Waals surface area contributed by atoms with Crippen LogP contribution in [0.1, 0.15) is 24.1 Å². The molecule has 138 valence electrons. The van der Waals surface area contributed by atoms with Crippen LogP contribution < -0.4 is 0 Å². The van der Waals surface area contributed by atoms with Crippen molar-refractivity contribution < 1.29 is 9.84 Å². The molecule has 0 radical (unpaired) electrons. The van der Waals surface area contributed by atoms with Gasteiger partial charge in [0.2, 0.25) is 0 Å². The first kappa shape index (κ1) is 16.9. The fourth-order valence-electron chi connectivity index (χ4n) is 4.78. The number of ether oxygens (including phenoxy) is 1. The molecule has 3 heterocycles. The summed E-state index contributed by atoms with van der Waals surface area (Å²) in [5, 5.41) is 13.9. The van der Waals surface area contributed by atoms with E-state index in [1.165, 1.54) is 5.56 Å². The molecule has 2 aliphatic rings. The average Bonchev–Trinajstić information content (AvgIpc) is 2.69. The van der Waals surface area contributed by atoms with E-state index in [-0.39, 0.29) is 12.1 Å². The summed E-state index contributed by atoms with van der Waals surface area (Å²) in [4.78, 5) is 7.14. The number of benzene rings is 2. The molecule has 2 saturated heterocycles. The summed E-state index contributed by atoms with van der Waals surface area (Å²) in [6.07, 6.45) is 3.12. The van der Waals surface area contributed by atoms with Crippen molar-refractivity contribution in [3.63, 3.8) is 0 Å². The maximum atomic E-state index is 11.7. The predicted octanol–water partition coefficient (Wildman–Crippen LogP) is 3.49. The molecule has 2 bridgehead atoms. The topological polar surface area (TPSA) is 45.6 Å². The summed E-state index contributed by atoms with van der Waals surface area (Å²) in [5.41, 5.74) is 1.22. The molecular formula is C23H24N2O2. The molecule has 2 atom stereocenters. The summed E-state index contributed by atoms with van der Waals surface area (Å²) in [6, 6.07) is 21.2. The van der Waals surface area contributed by atoms with Crippen molar-refractivity contribution >= 4 is 10.8 Å². The van der Waals surface area contributed by atoms with Crippen molar-refractivity contribution in [1.82, 2.24) is 9.88 Å². The van der Waals surface area contributed by atoms with Crippen molar-refractivity contribution in [2.45, 2.75) is 37.1 Å². The Hall–Kier alpha value is -2.27. The molecule has 5 rings (SSSR count). The highest BCUT2D eigenvalue weighted by Crippen LogP contribution is 2.42. The number of rotatable bonds is 3. The summed E-state index contributed by atoms with van der Waals surface area (Å²) < 4.78 is 5.85. The van der Waals surface area contributed by atoms with E-state index in [1.54, 1.807) is 0 Å². The maximum Gasteiger partial charge on any atom is 0.110 e. The zero-order valence-corrected chi connectivity index (χ0v) is 15.3. The molecule has 2 aliphatic heterocycles. The molecule has 2 unspecified atom stereocenters. The third kappa shape index (κ3) is 3.04. The van der Waals surface area contributed by atoms with Crippen molar-refractivity contribution in [3.05, 3.63) is 78.1 Å². The van der Waals surface area contributed by atoms with Gasteiger partial charge in [0.15, 0.2) is 0 Å². The van der Waals surface area contributed by atoms with Crippen LogP contribution in [0.4, 0.5) is 0 Å². The van der Waals surface area contributed by atoms with Crippen LogP contribution in [0.15, 0.2) is 66.9 Å². The van der Waals surface area contributed by atoms with Gasteiger partial charge < -0.3 is 9.84 Å². The number of piperidine rings is 1. The molecule has 3 aromatic rings. The maximum absolute atomic E-state index is 11.7. The second-order valence-electron chi connectivity index (χ2n) is 7.82. The smallest absolute Gasteiger partial charge is 0.110 e. The normalized spacial score (nSPS) is 28.3. The fourth-order valence-corrected chi connectivity index (χ4v) is 4.78. The van der Waals surface area contributed by atoms with Gasteiger partial charge in [0.1, 0.15) is 5.60 Å². The molecular weight excluding hydrogens is 336 g/mol. The first-order valence-corrected chi connectivity index (χ1v) is 9.67. The number of nitrogens with zero attached hydrogens (tertiary/aromatic N) is 2. The second kappa shape index (κ2) is 6.71. The minimum Gasteiger partial charge on any atom is -0.383 e. The quantitative estimate of drug-likeness (QED) is 0.777. The Morgan fingerprint density at radius 1 is 0.963 bits per heavy atom. The fraction of sp³-hybridized carbons (Fsp3) is 0.348. The third-order valence-corrected chi connectivity index (χ3v) is 6.03. The van der Waals surface area contributed by atoms with E-state index < -0.39 is 5.60 Å². The zero-order valence-electron chi connectivity index (χ0n) is 15.3. The molecule has 27 heavy (non-hydrogen) atoms. The lowest BCUT2D eigenvalue weighted by molar-refractivity contribution is -0.150. The largest absolute Gasteiger partial charge is 0.383 e. The number of morpholine rings is 1. The lowest BCUT2D eigenvalue weighted by atomic mass is 9.77. The Labute approximate surface area is 159 Å². The molecule has 0 amide bonds. The summed E-state index contributed by atoms with van der Waals surface area (Å²) >= 11 is 0. The van der Waals surface area contributed by atoms with Gasteiger partial charge >= 0.3 is 0 Å². The van der Waals surface area contributed by atoms with Gasteiger partial charge in [-0.2, -0.15) is 0 Å². The minimum atomic E-state index is -0.910. The first-order chi connectivity index (χ1) is 13.2. The number of pyridine rings is 1. The van der Waals surface area contributed by atoms with Gasteiger partial charge in [-0.15, -0.1) is 0 Å². The van der Waals surface area contributed by atoms with Crippen LogP contribution in [-0.2, 0) is 16.9 Å². The molecule has 2 aromatic carbocycles. The van der Waals surface area contributed by atoms with Crippen LogP contribution in [0.3, 0.4) is 0 Å². The van der Waals surface area contributed by atoms with Crippen LogP contribution in [0.5, 0.6) is 0 Å².